The molecule has 1 unspecified atom stereocenters. The third-order valence-electron chi connectivity index (χ3n) is 1.99. The van der Waals surface area contributed by atoms with Crippen LogP contribution in [0.25, 0.3) is 0 Å². The van der Waals surface area contributed by atoms with Gasteiger partial charge in [0.2, 0.25) is 5.91 Å². The molecule has 0 aliphatic heterocycles. The number of hydrogen-bond donors (Lipinski definition) is 2. The summed E-state index contributed by atoms with van der Waals surface area (Å²) in [5.74, 6) is -0.444. The second-order valence-corrected chi connectivity index (χ2v) is 5.04. The normalized spacial score (nSPS) is 12.5. The lowest BCUT2D eigenvalue weighted by Crippen LogP contribution is -2.39. The number of nitrogens with zero attached hydrogens (tertiary/aromatic N) is 3. The van der Waals surface area contributed by atoms with E-state index in [1.807, 2.05) is 23.7 Å². The minimum atomic E-state index is -0.854. The van der Waals surface area contributed by atoms with Crippen LogP contribution in [0.1, 0.15) is 26.8 Å². The Labute approximate surface area is 103 Å². The van der Waals surface area contributed by atoms with Gasteiger partial charge in [0.25, 0.3) is 0 Å². The highest BCUT2D eigenvalue weighted by atomic mass is 32.2. The molecular weight excluding hydrogens is 242 g/mol. The van der Waals surface area contributed by atoms with Crippen molar-refractivity contribution in [2.75, 3.05) is 0 Å². The van der Waals surface area contributed by atoms with Gasteiger partial charge < -0.3 is 10.3 Å². The zero-order valence-electron chi connectivity index (χ0n) is 9.88. The number of rotatable bonds is 4. The van der Waals surface area contributed by atoms with E-state index in [2.05, 4.69) is 10.2 Å². The number of nitrogens with two attached hydrogens (primary N) is 1. The van der Waals surface area contributed by atoms with Crippen LogP contribution in [0.3, 0.4) is 0 Å². The van der Waals surface area contributed by atoms with E-state index in [1.165, 1.54) is 11.8 Å². The number of amides is 3. The molecule has 8 heteroatoms. The van der Waals surface area contributed by atoms with Crippen LogP contribution in [0.4, 0.5) is 4.79 Å². The van der Waals surface area contributed by atoms with E-state index in [0.29, 0.717) is 5.16 Å². The maximum Gasteiger partial charge on any atom is 0.318 e. The topological polar surface area (TPSA) is 103 Å². The van der Waals surface area contributed by atoms with Crippen molar-refractivity contribution in [3.8, 4) is 0 Å². The predicted molar refractivity (Wildman–Crippen MR) is 63.5 cm³/mol. The van der Waals surface area contributed by atoms with Crippen molar-refractivity contribution in [1.82, 2.24) is 20.1 Å². The maximum atomic E-state index is 11.5. The molecule has 7 nitrogen and oxygen atoms in total. The Hall–Kier alpha value is -1.57. The Morgan fingerprint density at radius 2 is 2.12 bits per heavy atom. The van der Waals surface area contributed by atoms with Gasteiger partial charge in [0, 0.05) is 6.04 Å². The SMILES string of the molecule is CC(Sc1nncn1C(C)C)C(=O)NC(N)=O. The van der Waals surface area contributed by atoms with Crippen molar-refractivity contribution in [3.05, 3.63) is 6.33 Å². The van der Waals surface area contributed by atoms with Gasteiger partial charge in [-0.25, -0.2) is 4.79 Å². The first-order valence-electron chi connectivity index (χ1n) is 5.08. The monoisotopic (exact) mass is 257 g/mol. The molecule has 0 fully saturated rings. The number of urea groups is 1. The molecule has 1 aromatic heterocycles. The largest absolute Gasteiger partial charge is 0.351 e. The zero-order chi connectivity index (χ0) is 13.0. The summed E-state index contributed by atoms with van der Waals surface area (Å²) in [5, 5.41) is 9.89. The van der Waals surface area contributed by atoms with Gasteiger partial charge in [-0.15, -0.1) is 10.2 Å². The lowest BCUT2D eigenvalue weighted by Gasteiger charge is -2.12. The number of imide groups is 1. The summed E-state index contributed by atoms with van der Waals surface area (Å²) in [6, 6.07) is -0.647. The first-order chi connectivity index (χ1) is 7.91. The Bertz CT molecular complexity index is 417. The van der Waals surface area contributed by atoms with Gasteiger partial charge in [-0.3, -0.25) is 10.1 Å². The molecule has 0 bridgehead atoms. The number of aromatic nitrogens is 3. The van der Waals surface area contributed by atoms with Crippen LogP contribution in [0.5, 0.6) is 0 Å². The molecule has 0 aliphatic rings. The van der Waals surface area contributed by atoms with Crippen molar-refractivity contribution in [3.63, 3.8) is 0 Å². The van der Waals surface area contributed by atoms with Crippen molar-refractivity contribution in [2.24, 2.45) is 5.73 Å². The molecule has 0 aromatic carbocycles. The van der Waals surface area contributed by atoms with Crippen LogP contribution >= 0.6 is 11.8 Å². The highest BCUT2D eigenvalue weighted by Gasteiger charge is 2.19. The lowest BCUT2D eigenvalue weighted by atomic mass is 10.4. The van der Waals surface area contributed by atoms with Gasteiger partial charge in [-0.2, -0.15) is 0 Å². The molecule has 0 radical (unpaired) electrons. The third-order valence-corrected chi connectivity index (χ3v) is 3.07. The lowest BCUT2D eigenvalue weighted by molar-refractivity contribution is -0.119. The van der Waals surface area contributed by atoms with Crippen molar-refractivity contribution < 1.29 is 9.59 Å². The number of nitrogens with one attached hydrogen (secondary N) is 1. The van der Waals surface area contributed by atoms with E-state index >= 15 is 0 Å². The zero-order valence-corrected chi connectivity index (χ0v) is 10.7. The molecule has 0 saturated heterocycles. The van der Waals surface area contributed by atoms with Gasteiger partial charge in [-0.05, 0) is 20.8 Å². The fourth-order valence-corrected chi connectivity index (χ4v) is 2.06. The van der Waals surface area contributed by atoms with Crippen molar-refractivity contribution in [2.45, 2.75) is 37.2 Å². The van der Waals surface area contributed by atoms with E-state index in [9.17, 15) is 9.59 Å². The Morgan fingerprint density at radius 3 is 2.65 bits per heavy atom. The van der Waals surface area contributed by atoms with E-state index in [-0.39, 0.29) is 6.04 Å². The fourth-order valence-electron chi connectivity index (χ4n) is 1.11. The minimum Gasteiger partial charge on any atom is -0.351 e. The summed E-state index contributed by atoms with van der Waals surface area (Å²) in [6.45, 7) is 5.64. The van der Waals surface area contributed by atoms with Crippen molar-refractivity contribution in [1.29, 1.82) is 0 Å². The second-order valence-electron chi connectivity index (χ2n) is 3.73. The molecule has 1 heterocycles. The van der Waals surface area contributed by atoms with Crippen molar-refractivity contribution >= 4 is 23.7 Å². The van der Waals surface area contributed by atoms with E-state index in [4.69, 9.17) is 5.73 Å². The van der Waals surface area contributed by atoms with Gasteiger partial charge in [0.05, 0.1) is 5.25 Å². The average molecular weight is 257 g/mol. The molecule has 1 aromatic rings. The molecular formula is C9H15N5O2S. The Kier molecular flexibility index (Phi) is 4.50. The minimum absolute atomic E-state index is 0.207. The van der Waals surface area contributed by atoms with Gasteiger partial charge in [-0.1, -0.05) is 11.8 Å². The smallest absolute Gasteiger partial charge is 0.318 e. The van der Waals surface area contributed by atoms with Crippen LogP contribution in [0.2, 0.25) is 0 Å². The number of carbonyl (C=O) groups is 2. The predicted octanol–water partition coefficient (Wildman–Crippen LogP) is 0.534. The summed E-state index contributed by atoms with van der Waals surface area (Å²) in [4.78, 5) is 22.0. The van der Waals surface area contributed by atoms with Crippen LogP contribution < -0.4 is 11.1 Å². The number of primary amides is 1. The summed E-state index contributed by atoms with van der Waals surface area (Å²) in [7, 11) is 0. The molecule has 94 valence electrons. The summed E-state index contributed by atoms with van der Waals surface area (Å²) >= 11 is 1.22. The summed E-state index contributed by atoms with van der Waals surface area (Å²) in [6.07, 6.45) is 1.60. The van der Waals surface area contributed by atoms with Gasteiger partial charge in [0.15, 0.2) is 5.16 Å². The molecule has 1 atom stereocenters. The van der Waals surface area contributed by atoms with E-state index < -0.39 is 17.2 Å². The fraction of sp³-hybridized carbons (Fsp3) is 0.556. The first kappa shape index (κ1) is 13.5. The molecule has 1 rings (SSSR count). The van der Waals surface area contributed by atoms with E-state index in [1.54, 1.807) is 13.3 Å². The molecule has 3 amide bonds. The Balaban J connectivity index is 2.67. The third kappa shape index (κ3) is 3.74. The van der Waals surface area contributed by atoms with Crippen LogP contribution in [-0.2, 0) is 4.79 Å². The molecule has 0 saturated carbocycles. The highest BCUT2D eigenvalue weighted by Crippen LogP contribution is 2.23. The Morgan fingerprint density at radius 1 is 1.47 bits per heavy atom. The number of carbonyl (C=O) groups excluding carboxylic acids is 2. The average Bonchev–Trinajstić information content (AvgIpc) is 2.64. The quantitative estimate of drug-likeness (QED) is 0.766. The highest BCUT2D eigenvalue weighted by molar-refractivity contribution is 8.00. The van der Waals surface area contributed by atoms with Crippen LogP contribution in [0, 0.1) is 0 Å². The van der Waals surface area contributed by atoms with Gasteiger partial charge in [0.1, 0.15) is 6.33 Å². The maximum absolute atomic E-state index is 11.5. The number of thioether (sulfide) groups is 1. The van der Waals surface area contributed by atoms with Crippen LogP contribution in [0.15, 0.2) is 11.5 Å². The molecule has 0 spiro atoms. The summed E-state index contributed by atoms with van der Waals surface area (Å²) < 4.78 is 1.85. The van der Waals surface area contributed by atoms with E-state index in [0.717, 1.165) is 0 Å². The second kappa shape index (κ2) is 5.67. The molecule has 3 N–H and O–H groups in total. The standard InChI is InChI=1S/C9H15N5O2S/c1-5(2)14-4-11-13-9(14)17-6(3)7(15)12-8(10)16/h4-6H,1-3H3,(H3,10,12,15,16). The van der Waals surface area contributed by atoms with Gasteiger partial charge >= 0.3 is 6.03 Å². The molecule has 0 aliphatic carbocycles. The first-order valence-corrected chi connectivity index (χ1v) is 5.96. The number of hydrogen-bond acceptors (Lipinski definition) is 5. The molecule has 17 heavy (non-hydrogen) atoms. The summed E-state index contributed by atoms with van der Waals surface area (Å²) in [5.41, 5.74) is 4.87. The van der Waals surface area contributed by atoms with Crippen LogP contribution in [-0.4, -0.2) is 32.0 Å².